The van der Waals surface area contributed by atoms with Crippen LogP contribution < -0.4 is 0 Å². The molecule has 1 aromatic rings. The van der Waals surface area contributed by atoms with Crippen molar-refractivity contribution in [2.24, 2.45) is 0 Å². The summed E-state index contributed by atoms with van der Waals surface area (Å²) >= 11 is 0. The molecule has 0 bridgehead atoms. The molecule has 0 radical (unpaired) electrons. The van der Waals surface area contributed by atoms with Crippen molar-refractivity contribution in [2.75, 3.05) is 0 Å². The Morgan fingerprint density at radius 2 is 2.25 bits per heavy atom. The molecule has 0 nitrogen and oxygen atoms in total. The summed E-state index contributed by atoms with van der Waals surface area (Å²) in [5.41, 5.74) is 2.76. The van der Waals surface area contributed by atoms with Crippen LogP contribution in [-0.4, -0.2) is 0 Å². The van der Waals surface area contributed by atoms with Crippen molar-refractivity contribution < 1.29 is 0 Å². The van der Waals surface area contributed by atoms with Crippen molar-refractivity contribution in [3.05, 3.63) is 35.4 Å². The van der Waals surface area contributed by atoms with E-state index >= 15 is 0 Å². The van der Waals surface area contributed by atoms with Gasteiger partial charge in [0.05, 0.1) is 0 Å². The highest BCUT2D eigenvalue weighted by molar-refractivity contribution is 8.21. The average Bonchev–Trinajstić information content (AvgIpc) is 2.17. The van der Waals surface area contributed by atoms with Crippen LogP contribution in [0.2, 0.25) is 0 Å². The lowest BCUT2D eigenvalue weighted by molar-refractivity contribution is 0.978. The number of rotatable bonds is 1. The first-order valence-electron chi connectivity index (χ1n) is 3.98. The zero-order valence-electron chi connectivity index (χ0n) is 6.59. The van der Waals surface area contributed by atoms with Crippen LogP contribution in [0.25, 0.3) is 6.08 Å². The minimum Gasteiger partial charge on any atom is -0.0836 e. The summed E-state index contributed by atoms with van der Waals surface area (Å²) in [6.07, 6.45) is 6.71. The molecule has 0 heterocycles. The predicted octanol–water partition coefficient (Wildman–Crippen LogP) is 3.89. The third-order valence-electron chi connectivity index (χ3n) is 2.08. The molecule has 0 amide bonds. The standard InChI is InChI=1S/C10H9ClS/c11-12-10-6-5-8-3-1-2-4-9(8)7-10/h1,3,5-7H,2,4H2. The number of aryl methyl sites for hydroxylation is 1. The van der Waals surface area contributed by atoms with Gasteiger partial charge in [-0.3, -0.25) is 0 Å². The first kappa shape index (κ1) is 8.21. The molecule has 0 spiro atoms. The van der Waals surface area contributed by atoms with Crippen LogP contribution in [0.5, 0.6) is 0 Å². The van der Waals surface area contributed by atoms with E-state index in [9.17, 15) is 0 Å². The Labute approximate surface area is 81.1 Å². The highest BCUT2D eigenvalue weighted by Gasteiger charge is 2.04. The Morgan fingerprint density at radius 3 is 3.08 bits per heavy atom. The summed E-state index contributed by atoms with van der Waals surface area (Å²) < 4.78 is 0. The van der Waals surface area contributed by atoms with E-state index in [1.165, 1.54) is 22.1 Å². The molecule has 2 rings (SSSR count). The van der Waals surface area contributed by atoms with Crippen molar-refractivity contribution in [1.29, 1.82) is 0 Å². The summed E-state index contributed by atoms with van der Waals surface area (Å²) in [4.78, 5) is 1.14. The van der Waals surface area contributed by atoms with Crippen LogP contribution in [0, 0.1) is 0 Å². The maximum absolute atomic E-state index is 5.67. The second-order valence-corrected chi connectivity index (χ2v) is 3.97. The van der Waals surface area contributed by atoms with Gasteiger partial charge in [-0.05, 0) is 57.8 Å². The lowest BCUT2D eigenvalue weighted by atomic mass is 9.98. The predicted molar refractivity (Wildman–Crippen MR) is 55.5 cm³/mol. The summed E-state index contributed by atoms with van der Waals surface area (Å²) in [5.74, 6) is 0. The molecule has 2 heteroatoms. The van der Waals surface area contributed by atoms with Gasteiger partial charge in [-0.2, -0.15) is 0 Å². The van der Waals surface area contributed by atoms with E-state index in [1.807, 2.05) is 0 Å². The summed E-state index contributed by atoms with van der Waals surface area (Å²) in [5, 5.41) is 0. The maximum atomic E-state index is 5.67. The summed E-state index contributed by atoms with van der Waals surface area (Å²) in [6, 6.07) is 6.37. The molecule has 0 fully saturated rings. The highest BCUT2D eigenvalue weighted by atomic mass is 35.7. The average molecular weight is 197 g/mol. The van der Waals surface area contributed by atoms with E-state index in [0.29, 0.717) is 0 Å². The summed E-state index contributed by atoms with van der Waals surface area (Å²) in [7, 11) is 6.96. The Balaban J connectivity index is 2.44. The zero-order chi connectivity index (χ0) is 8.39. The third kappa shape index (κ3) is 1.52. The van der Waals surface area contributed by atoms with Gasteiger partial charge in [0.2, 0.25) is 0 Å². The minimum atomic E-state index is 1.14. The summed E-state index contributed by atoms with van der Waals surface area (Å²) in [6.45, 7) is 0. The molecule has 0 aromatic heterocycles. The molecular weight excluding hydrogens is 188 g/mol. The van der Waals surface area contributed by atoms with Gasteiger partial charge < -0.3 is 0 Å². The first-order valence-corrected chi connectivity index (χ1v) is 5.62. The molecule has 0 saturated carbocycles. The molecule has 12 heavy (non-hydrogen) atoms. The van der Waals surface area contributed by atoms with Crippen LogP contribution in [0.3, 0.4) is 0 Å². The number of allylic oxidation sites excluding steroid dienone is 1. The van der Waals surface area contributed by atoms with E-state index < -0.39 is 0 Å². The van der Waals surface area contributed by atoms with Gasteiger partial charge in [-0.15, -0.1) is 0 Å². The van der Waals surface area contributed by atoms with Crippen molar-refractivity contribution in [3.8, 4) is 0 Å². The largest absolute Gasteiger partial charge is 0.0836 e. The number of hydrogen-bond acceptors (Lipinski definition) is 1. The molecule has 1 aliphatic rings. The Hall–Kier alpha value is -0.400. The Bertz CT molecular complexity index is 318. The molecule has 0 unspecified atom stereocenters. The monoisotopic (exact) mass is 196 g/mol. The zero-order valence-corrected chi connectivity index (χ0v) is 8.16. The molecule has 0 aliphatic heterocycles. The number of halogens is 1. The van der Waals surface area contributed by atoms with E-state index in [-0.39, 0.29) is 0 Å². The number of fused-ring (bicyclic) bond motifs is 1. The van der Waals surface area contributed by atoms with E-state index in [0.717, 1.165) is 17.7 Å². The van der Waals surface area contributed by atoms with Gasteiger partial charge in [0.15, 0.2) is 0 Å². The van der Waals surface area contributed by atoms with Gasteiger partial charge >= 0.3 is 0 Å². The third-order valence-corrected chi connectivity index (χ3v) is 3.05. The molecule has 0 N–H and O–H groups in total. The van der Waals surface area contributed by atoms with Gasteiger partial charge in [-0.1, -0.05) is 18.2 Å². The van der Waals surface area contributed by atoms with E-state index in [2.05, 4.69) is 30.4 Å². The second-order valence-electron chi connectivity index (χ2n) is 2.88. The van der Waals surface area contributed by atoms with Gasteiger partial charge in [0.25, 0.3) is 0 Å². The molecule has 1 aromatic carbocycles. The van der Waals surface area contributed by atoms with Gasteiger partial charge in [0, 0.05) is 4.90 Å². The molecule has 0 atom stereocenters. The van der Waals surface area contributed by atoms with Crippen LogP contribution >= 0.6 is 21.7 Å². The minimum absolute atomic E-state index is 1.14. The van der Waals surface area contributed by atoms with Crippen molar-refractivity contribution in [2.45, 2.75) is 17.7 Å². The van der Waals surface area contributed by atoms with E-state index in [4.69, 9.17) is 10.7 Å². The van der Waals surface area contributed by atoms with Crippen molar-refractivity contribution in [1.82, 2.24) is 0 Å². The van der Waals surface area contributed by atoms with Gasteiger partial charge in [-0.25, -0.2) is 0 Å². The van der Waals surface area contributed by atoms with Crippen molar-refractivity contribution in [3.63, 3.8) is 0 Å². The molecule has 62 valence electrons. The Kier molecular flexibility index (Phi) is 2.43. The van der Waals surface area contributed by atoms with Crippen LogP contribution in [0.4, 0.5) is 0 Å². The SMILES string of the molecule is ClSc1ccc2c(c1)CCC=C2. The van der Waals surface area contributed by atoms with Crippen LogP contribution in [0.1, 0.15) is 17.5 Å². The van der Waals surface area contributed by atoms with Crippen LogP contribution in [0.15, 0.2) is 29.2 Å². The fourth-order valence-corrected chi connectivity index (χ4v) is 2.05. The number of benzene rings is 1. The molecule has 0 saturated heterocycles. The fraction of sp³-hybridized carbons (Fsp3) is 0.200. The Morgan fingerprint density at radius 1 is 1.33 bits per heavy atom. The lowest BCUT2D eigenvalue weighted by Crippen LogP contribution is -1.93. The smallest absolute Gasteiger partial charge is 0.0236 e. The maximum Gasteiger partial charge on any atom is 0.0236 e. The first-order chi connectivity index (χ1) is 5.90. The normalized spacial score (nSPS) is 14.4. The molecular formula is C10H9ClS. The quantitative estimate of drug-likeness (QED) is 0.657. The lowest BCUT2D eigenvalue weighted by Gasteiger charge is -2.10. The number of hydrogen-bond donors (Lipinski definition) is 0. The second kappa shape index (κ2) is 3.55. The van der Waals surface area contributed by atoms with Crippen molar-refractivity contribution >= 4 is 27.7 Å². The molecule has 1 aliphatic carbocycles. The van der Waals surface area contributed by atoms with Crippen LogP contribution in [-0.2, 0) is 6.42 Å². The topological polar surface area (TPSA) is 0 Å². The highest BCUT2D eigenvalue weighted by Crippen LogP contribution is 2.27. The fourth-order valence-electron chi connectivity index (χ4n) is 1.46. The van der Waals surface area contributed by atoms with Gasteiger partial charge in [0.1, 0.15) is 0 Å². The van der Waals surface area contributed by atoms with E-state index in [1.54, 1.807) is 0 Å².